The molecular formula is C14H32N2. The number of hydrogen-bond donors (Lipinski definition) is 0. The van der Waals surface area contributed by atoms with E-state index in [0.717, 1.165) is 6.54 Å². The van der Waals surface area contributed by atoms with Crippen LogP contribution in [0.15, 0.2) is 11.6 Å². The lowest BCUT2D eigenvalue weighted by Crippen LogP contribution is -2.34. The van der Waals surface area contributed by atoms with E-state index in [0.29, 0.717) is 0 Å². The Morgan fingerprint density at radius 1 is 1.19 bits per heavy atom. The van der Waals surface area contributed by atoms with E-state index in [9.17, 15) is 0 Å². The van der Waals surface area contributed by atoms with Gasteiger partial charge in [0.05, 0.1) is 0 Å². The molecule has 1 heterocycles. The van der Waals surface area contributed by atoms with Crippen LogP contribution in [0, 0.1) is 0 Å². The summed E-state index contributed by atoms with van der Waals surface area (Å²) in [6.07, 6.45) is 3.60. The Hall–Kier alpha value is -0.340. The minimum absolute atomic E-state index is 1.15. The molecule has 0 aliphatic carbocycles. The van der Waals surface area contributed by atoms with Crippen molar-refractivity contribution in [3.05, 3.63) is 11.6 Å². The molecule has 98 valence electrons. The summed E-state index contributed by atoms with van der Waals surface area (Å²) < 4.78 is 0. The molecule has 2 heteroatoms. The van der Waals surface area contributed by atoms with E-state index < -0.39 is 0 Å². The van der Waals surface area contributed by atoms with Crippen LogP contribution in [0.1, 0.15) is 41.0 Å². The zero-order valence-corrected chi connectivity index (χ0v) is 12.5. The first-order chi connectivity index (χ1) is 7.68. The minimum Gasteiger partial charge on any atom is -0.308 e. The van der Waals surface area contributed by atoms with Crippen molar-refractivity contribution >= 4 is 0 Å². The van der Waals surface area contributed by atoms with E-state index >= 15 is 0 Å². The van der Waals surface area contributed by atoms with Crippen LogP contribution in [0.2, 0.25) is 0 Å². The Balaban J connectivity index is 0. The van der Waals surface area contributed by atoms with E-state index in [-0.39, 0.29) is 0 Å². The molecule has 0 amide bonds. The van der Waals surface area contributed by atoms with Crippen molar-refractivity contribution in [3.8, 4) is 0 Å². The molecule has 0 aromatic rings. The van der Waals surface area contributed by atoms with Crippen molar-refractivity contribution in [2.75, 3.05) is 40.3 Å². The molecule has 1 aliphatic heterocycles. The largest absolute Gasteiger partial charge is 0.308 e. The predicted octanol–water partition coefficient (Wildman–Crippen LogP) is 3.25. The summed E-state index contributed by atoms with van der Waals surface area (Å²) in [4.78, 5) is 4.75. The van der Waals surface area contributed by atoms with Gasteiger partial charge in [0.25, 0.3) is 0 Å². The van der Waals surface area contributed by atoms with E-state index in [2.05, 4.69) is 36.9 Å². The maximum atomic E-state index is 2.51. The molecule has 1 aliphatic rings. The van der Waals surface area contributed by atoms with Crippen molar-refractivity contribution in [3.63, 3.8) is 0 Å². The van der Waals surface area contributed by atoms with Crippen LogP contribution in [0.25, 0.3) is 0 Å². The Morgan fingerprint density at radius 2 is 1.75 bits per heavy atom. The van der Waals surface area contributed by atoms with Gasteiger partial charge in [0, 0.05) is 26.2 Å². The van der Waals surface area contributed by atoms with Gasteiger partial charge in [-0.2, -0.15) is 0 Å². The highest BCUT2D eigenvalue weighted by atomic mass is 15.2. The second-order valence-corrected chi connectivity index (χ2v) is 3.90. The molecule has 2 nitrogen and oxygen atoms in total. The Labute approximate surface area is 103 Å². The molecular weight excluding hydrogens is 196 g/mol. The maximum absolute atomic E-state index is 2.51. The van der Waals surface area contributed by atoms with E-state index in [1.54, 1.807) is 5.57 Å². The number of rotatable bonds is 3. The summed E-state index contributed by atoms with van der Waals surface area (Å²) in [5, 5.41) is 0. The average molecular weight is 228 g/mol. The van der Waals surface area contributed by atoms with Crippen LogP contribution in [0.3, 0.4) is 0 Å². The molecule has 0 spiro atoms. The van der Waals surface area contributed by atoms with Crippen LogP contribution >= 0.6 is 0 Å². The molecule has 1 rings (SSSR count). The summed E-state index contributed by atoms with van der Waals surface area (Å²) in [7, 11) is 4.26. The van der Waals surface area contributed by atoms with E-state index in [1.807, 2.05) is 27.7 Å². The third-order valence-corrected chi connectivity index (χ3v) is 2.38. The molecule has 0 saturated carbocycles. The Kier molecular flexibility index (Phi) is 14.3. The van der Waals surface area contributed by atoms with Gasteiger partial charge in [-0.15, -0.1) is 0 Å². The van der Waals surface area contributed by atoms with Crippen LogP contribution in [-0.2, 0) is 0 Å². The molecule has 0 saturated heterocycles. The van der Waals surface area contributed by atoms with Gasteiger partial charge in [-0.05, 0) is 27.4 Å². The van der Waals surface area contributed by atoms with Gasteiger partial charge in [0.1, 0.15) is 0 Å². The van der Waals surface area contributed by atoms with Gasteiger partial charge in [0.2, 0.25) is 0 Å². The fraction of sp³-hybridized carbons (Fsp3) is 0.857. The monoisotopic (exact) mass is 228 g/mol. The van der Waals surface area contributed by atoms with Crippen molar-refractivity contribution in [1.82, 2.24) is 9.80 Å². The quantitative estimate of drug-likeness (QED) is 0.684. The lowest BCUT2D eigenvalue weighted by atomic mass is 10.1. The summed E-state index contributed by atoms with van der Waals surface area (Å²) in [6.45, 7) is 15.0. The van der Waals surface area contributed by atoms with Crippen molar-refractivity contribution in [1.29, 1.82) is 0 Å². The van der Waals surface area contributed by atoms with Gasteiger partial charge in [-0.3, -0.25) is 4.90 Å². The first-order valence-corrected chi connectivity index (χ1v) is 6.71. The van der Waals surface area contributed by atoms with Gasteiger partial charge in [-0.1, -0.05) is 39.3 Å². The molecule has 0 aromatic carbocycles. The van der Waals surface area contributed by atoms with E-state index in [1.165, 1.54) is 26.1 Å². The Morgan fingerprint density at radius 3 is 2.12 bits per heavy atom. The van der Waals surface area contributed by atoms with Gasteiger partial charge in [0.15, 0.2) is 0 Å². The van der Waals surface area contributed by atoms with E-state index in [4.69, 9.17) is 0 Å². The minimum atomic E-state index is 1.15. The summed E-state index contributed by atoms with van der Waals surface area (Å²) in [5.41, 5.74) is 1.55. The fourth-order valence-electron chi connectivity index (χ4n) is 1.36. The van der Waals surface area contributed by atoms with Gasteiger partial charge < -0.3 is 4.90 Å². The van der Waals surface area contributed by atoms with Crippen LogP contribution in [0.5, 0.6) is 0 Å². The van der Waals surface area contributed by atoms with Crippen molar-refractivity contribution in [2.45, 2.75) is 41.0 Å². The van der Waals surface area contributed by atoms with Crippen LogP contribution < -0.4 is 0 Å². The standard InChI is InChI=1S/C10H20N2.2C2H6/c1-10-4-6-12(7-5-10)9-8-11(2)3;2*1-2/h4H,5-9H2,1-3H3;2*1-2H3. The molecule has 0 atom stereocenters. The highest BCUT2D eigenvalue weighted by Gasteiger charge is 2.08. The molecule has 0 bridgehead atoms. The zero-order chi connectivity index (χ0) is 13.0. The molecule has 0 N–H and O–H groups in total. The van der Waals surface area contributed by atoms with Crippen molar-refractivity contribution < 1.29 is 0 Å². The lowest BCUT2D eigenvalue weighted by molar-refractivity contribution is 0.255. The SMILES string of the molecule is CC.CC.CC1=CCN(CCN(C)C)CC1. The first-order valence-electron chi connectivity index (χ1n) is 6.71. The third-order valence-electron chi connectivity index (χ3n) is 2.38. The summed E-state index contributed by atoms with van der Waals surface area (Å²) >= 11 is 0. The molecule has 0 aromatic heterocycles. The second-order valence-electron chi connectivity index (χ2n) is 3.90. The number of nitrogens with zero attached hydrogens (tertiary/aromatic N) is 2. The van der Waals surface area contributed by atoms with Crippen molar-refractivity contribution in [2.24, 2.45) is 0 Å². The molecule has 0 fully saturated rings. The number of likely N-dealkylation sites (N-methyl/N-ethyl adjacent to an activating group) is 1. The van der Waals surface area contributed by atoms with Gasteiger partial charge >= 0.3 is 0 Å². The molecule has 0 radical (unpaired) electrons. The fourth-order valence-corrected chi connectivity index (χ4v) is 1.36. The summed E-state index contributed by atoms with van der Waals surface area (Å²) in [5.74, 6) is 0. The summed E-state index contributed by atoms with van der Waals surface area (Å²) in [6, 6.07) is 0. The number of hydrogen-bond acceptors (Lipinski definition) is 2. The predicted molar refractivity (Wildman–Crippen MR) is 76.1 cm³/mol. The second kappa shape index (κ2) is 12.7. The van der Waals surface area contributed by atoms with Crippen LogP contribution in [-0.4, -0.2) is 50.1 Å². The van der Waals surface area contributed by atoms with Crippen LogP contribution in [0.4, 0.5) is 0 Å². The topological polar surface area (TPSA) is 6.48 Å². The third kappa shape index (κ3) is 10.2. The zero-order valence-electron chi connectivity index (χ0n) is 12.5. The lowest BCUT2D eigenvalue weighted by Gasteiger charge is -2.26. The highest BCUT2D eigenvalue weighted by Crippen LogP contribution is 2.08. The molecule has 0 unspecified atom stereocenters. The Bertz CT molecular complexity index is 162. The van der Waals surface area contributed by atoms with Gasteiger partial charge in [-0.25, -0.2) is 0 Å². The molecule has 16 heavy (non-hydrogen) atoms. The smallest absolute Gasteiger partial charge is 0.0166 e. The average Bonchev–Trinajstić information content (AvgIpc) is 2.33. The first kappa shape index (κ1) is 18.0. The highest BCUT2D eigenvalue weighted by molar-refractivity contribution is 5.03. The maximum Gasteiger partial charge on any atom is 0.0166 e. The normalized spacial score (nSPS) is 15.6.